The average Bonchev–Trinajstić information content (AvgIpc) is 2.28. The first-order chi connectivity index (χ1) is 4.88. The zero-order valence-electron chi connectivity index (χ0n) is 6.40. The summed E-state index contributed by atoms with van der Waals surface area (Å²) >= 11 is 0. The smallest absolute Gasteiger partial charge is 0.0101 e. The summed E-state index contributed by atoms with van der Waals surface area (Å²) < 4.78 is 0. The molecule has 2 aliphatic carbocycles. The topological polar surface area (TPSA) is 12.0 Å². The molecule has 2 atom stereocenters. The zero-order valence-corrected chi connectivity index (χ0v) is 6.40. The summed E-state index contributed by atoms with van der Waals surface area (Å²) in [5.74, 6) is 1.07. The SMILES string of the molecule is C1CC2CC3(CC3)CC2N1. The summed E-state index contributed by atoms with van der Waals surface area (Å²) in [7, 11) is 0. The van der Waals surface area contributed by atoms with Gasteiger partial charge in [0.05, 0.1) is 0 Å². The highest BCUT2D eigenvalue weighted by Crippen LogP contribution is 2.60. The van der Waals surface area contributed by atoms with Gasteiger partial charge in [0.2, 0.25) is 0 Å². The van der Waals surface area contributed by atoms with Gasteiger partial charge in [-0.3, -0.25) is 0 Å². The third-order valence-corrected chi connectivity index (χ3v) is 3.80. The predicted octanol–water partition coefficient (Wildman–Crippen LogP) is 1.54. The molecule has 3 rings (SSSR count). The molecule has 1 N–H and O–H groups in total. The molecule has 0 aromatic heterocycles. The summed E-state index contributed by atoms with van der Waals surface area (Å²) in [6, 6.07) is 0.933. The highest BCUT2D eigenvalue weighted by atomic mass is 15.0. The van der Waals surface area contributed by atoms with Crippen molar-refractivity contribution in [1.82, 2.24) is 5.32 Å². The maximum absolute atomic E-state index is 3.61. The Labute approximate surface area is 62.2 Å². The first-order valence-electron chi connectivity index (χ1n) is 4.61. The standard InChI is InChI=1S/C9H15N/c1-4-10-8-6-9(2-3-9)5-7(1)8/h7-8,10H,1-6H2. The van der Waals surface area contributed by atoms with E-state index in [4.69, 9.17) is 0 Å². The highest BCUT2D eigenvalue weighted by molar-refractivity contribution is 5.07. The second kappa shape index (κ2) is 1.58. The quantitative estimate of drug-likeness (QED) is 0.534. The molecule has 3 fully saturated rings. The Balaban J connectivity index is 1.82. The largest absolute Gasteiger partial charge is 0.314 e. The number of hydrogen-bond acceptors (Lipinski definition) is 1. The van der Waals surface area contributed by atoms with Crippen LogP contribution in [0.2, 0.25) is 0 Å². The lowest BCUT2D eigenvalue weighted by Crippen LogP contribution is -2.22. The van der Waals surface area contributed by atoms with Gasteiger partial charge >= 0.3 is 0 Å². The highest BCUT2D eigenvalue weighted by Gasteiger charge is 2.53. The molecule has 0 bridgehead atoms. The van der Waals surface area contributed by atoms with Crippen molar-refractivity contribution in [2.45, 2.75) is 38.1 Å². The Morgan fingerprint density at radius 2 is 2.10 bits per heavy atom. The van der Waals surface area contributed by atoms with Crippen molar-refractivity contribution in [3.8, 4) is 0 Å². The van der Waals surface area contributed by atoms with E-state index in [-0.39, 0.29) is 0 Å². The molecule has 1 aliphatic heterocycles. The first-order valence-corrected chi connectivity index (χ1v) is 4.61. The maximum atomic E-state index is 3.61. The fourth-order valence-electron chi connectivity index (χ4n) is 3.00. The van der Waals surface area contributed by atoms with Crippen molar-refractivity contribution in [3.63, 3.8) is 0 Å². The lowest BCUT2D eigenvalue weighted by Gasteiger charge is -2.06. The molecule has 2 unspecified atom stereocenters. The van der Waals surface area contributed by atoms with Crippen LogP contribution in [-0.2, 0) is 0 Å². The maximum Gasteiger partial charge on any atom is 0.0101 e. The van der Waals surface area contributed by atoms with Crippen LogP contribution in [0, 0.1) is 11.3 Å². The van der Waals surface area contributed by atoms with Crippen molar-refractivity contribution in [3.05, 3.63) is 0 Å². The zero-order chi connectivity index (χ0) is 6.60. The van der Waals surface area contributed by atoms with E-state index < -0.39 is 0 Å². The number of rotatable bonds is 0. The van der Waals surface area contributed by atoms with Gasteiger partial charge < -0.3 is 5.32 Å². The summed E-state index contributed by atoms with van der Waals surface area (Å²) in [6.07, 6.45) is 7.62. The molecule has 0 amide bonds. The molecule has 1 saturated heterocycles. The summed E-state index contributed by atoms with van der Waals surface area (Å²) in [4.78, 5) is 0. The van der Waals surface area contributed by atoms with Gasteiger partial charge in [0.1, 0.15) is 0 Å². The van der Waals surface area contributed by atoms with Crippen LogP contribution in [0.15, 0.2) is 0 Å². The molecule has 1 nitrogen and oxygen atoms in total. The molecule has 0 aromatic carbocycles. The molecule has 2 saturated carbocycles. The average molecular weight is 137 g/mol. The second-order valence-electron chi connectivity index (χ2n) is 4.52. The van der Waals surface area contributed by atoms with Gasteiger partial charge in [-0.1, -0.05) is 0 Å². The van der Waals surface area contributed by atoms with Crippen molar-refractivity contribution < 1.29 is 0 Å². The Morgan fingerprint density at radius 1 is 1.20 bits per heavy atom. The minimum Gasteiger partial charge on any atom is -0.314 e. The summed E-state index contributed by atoms with van der Waals surface area (Å²) in [5, 5.41) is 3.61. The van der Waals surface area contributed by atoms with E-state index in [9.17, 15) is 0 Å². The number of hydrogen-bond donors (Lipinski definition) is 1. The van der Waals surface area contributed by atoms with Crippen LogP contribution < -0.4 is 5.32 Å². The minimum absolute atomic E-state index is 0.878. The van der Waals surface area contributed by atoms with Crippen molar-refractivity contribution >= 4 is 0 Å². The van der Waals surface area contributed by atoms with E-state index in [1.807, 2.05) is 0 Å². The lowest BCUT2D eigenvalue weighted by atomic mass is 10.0. The van der Waals surface area contributed by atoms with Crippen LogP contribution >= 0.6 is 0 Å². The van der Waals surface area contributed by atoms with Gasteiger partial charge in [-0.15, -0.1) is 0 Å². The Morgan fingerprint density at radius 3 is 2.80 bits per heavy atom. The van der Waals surface area contributed by atoms with Gasteiger partial charge in [-0.2, -0.15) is 0 Å². The fourth-order valence-corrected chi connectivity index (χ4v) is 3.00. The molecule has 0 radical (unpaired) electrons. The van der Waals surface area contributed by atoms with Crippen molar-refractivity contribution in [2.24, 2.45) is 11.3 Å². The Hall–Kier alpha value is -0.0400. The lowest BCUT2D eigenvalue weighted by molar-refractivity contribution is 0.474. The molecule has 0 aromatic rings. The van der Waals surface area contributed by atoms with Crippen LogP contribution in [0.1, 0.15) is 32.1 Å². The third-order valence-electron chi connectivity index (χ3n) is 3.80. The van der Waals surface area contributed by atoms with Crippen LogP contribution in [0.25, 0.3) is 0 Å². The molecule has 1 heteroatoms. The molecule has 10 heavy (non-hydrogen) atoms. The molecule has 1 heterocycles. The van der Waals surface area contributed by atoms with Gasteiger partial charge in [0.15, 0.2) is 0 Å². The van der Waals surface area contributed by atoms with E-state index in [2.05, 4.69) is 5.32 Å². The van der Waals surface area contributed by atoms with Gasteiger partial charge in [-0.25, -0.2) is 0 Å². The van der Waals surface area contributed by atoms with Gasteiger partial charge in [0.25, 0.3) is 0 Å². The van der Waals surface area contributed by atoms with Crippen LogP contribution in [0.5, 0.6) is 0 Å². The number of fused-ring (bicyclic) bond motifs is 1. The predicted molar refractivity (Wildman–Crippen MR) is 40.8 cm³/mol. The van der Waals surface area contributed by atoms with Crippen LogP contribution in [0.4, 0.5) is 0 Å². The second-order valence-corrected chi connectivity index (χ2v) is 4.52. The molecule has 3 aliphatic rings. The van der Waals surface area contributed by atoms with Gasteiger partial charge in [-0.05, 0) is 50.0 Å². The summed E-state index contributed by atoms with van der Waals surface area (Å²) in [5.41, 5.74) is 0.878. The van der Waals surface area contributed by atoms with Gasteiger partial charge in [0, 0.05) is 6.04 Å². The fraction of sp³-hybridized carbons (Fsp3) is 1.00. The van der Waals surface area contributed by atoms with E-state index in [1.54, 1.807) is 19.3 Å². The molecular formula is C9H15N. The Kier molecular flexibility index (Phi) is 0.883. The van der Waals surface area contributed by atoms with E-state index in [0.29, 0.717) is 0 Å². The minimum atomic E-state index is 0.878. The molecule has 1 spiro atoms. The van der Waals surface area contributed by atoms with E-state index in [0.717, 1.165) is 17.4 Å². The normalized spacial score (nSPS) is 48.0. The first kappa shape index (κ1) is 5.59. The molecule has 56 valence electrons. The van der Waals surface area contributed by atoms with Crippen molar-refractivity contribution in [1.29, 1.82) is 0 Å². The van der Waals surface area contributed by atoms with E-state index in [1.165, 1.54) is 19.4 Å². The number of nitrogens with one attached hydrogen (secondary N) is 1. The summed E-state index contributed by atoms with van der Waals surface area (Å²) in [6.45, 7) is 1.30. The van der Waals surface area contributed by atoms with E-state index >= 15 is 0 Å². The van der Waals surface area contributed by atoms with Crippen molar-refractivity contribution in [2.75, 3.05) is 6.54 Å². The monoisotopic (exact) mass is 137 g/mol. The Bertz CT molecular complexity index is 146. The molecular weight excluding hydrogens is 122 g/mol. The third kappa shape index (κ3) is 0.619. The van der Waals surface area contributed by atoms with Crippen LogP contribution in [-0.4, -0.2) is 12.6 Å². The van der Waals surface area contributed by atoms with Crippen LogP contribution in [0.3, 0.4) is 0 Å².